The van der Waals surface area contributed by atoms with Gasteiger partial charge in [0.25, 0.3) is 5.91 Å². The van der Waals surface area contributed by atoms with E-state index in [0.717, 1.165) is 16.3 Å². The molecule has 0 fully saturated rings. The molecule has 0 aliphatic heterocycles. The van der Waals surface area contributed by atoms with E-state index in [1.807, 2.05) is 36.4 Å². The van der Waals surface area contributed by atoms with Crippen molar-refractivity contribution in [3.63, 3.8) is 0 Å². The number of carbonyl (C=O) groups excluding carboxylic acids is 1. The van der Waals surface area contributed by atoms with Crippen LogP contribution in [0.5, 0.6) is 5.75 Å². The summed E-state index contributed by atoms with van der Waals surface area (Å²) in [6.45, 7) is 0. The molecular formula is C22H16Cl2N4O2. The van der Waals surface area contributed by atoms with Crippen molar-refractivity contribution in [1.82, 2.24) is 15.6 Å². The van der Waals surface area contributed by atoms with Crippen LogP contribution in [0.4, 0.5) is 0 Å². The number of nitrogens with one attached hydrogen (secondary N) is 2. The number of H-pyrrole nitrogens is 1. The molecule has 150 valence electrons. The number of halogens is 2. The van der Waals surface area contributed by atoms with Gasteiger partial charge in [-0.05, 0) is 35.0 Å². The maximum atomic E-state index is 12.5. The second-order valence-corrected chi connectivity index (χ2v) is 7.18. The molecular weight excluding hydrogens is 423 g/mol. The Kier molecular flexibility index (Phi) is 5.70. The third-order valence-electron chi connectivity index (χ3n) is 4.55. The summed E-state index contributed by atoms with van der Waals surface area (Å²) in [6.07, 6.45) is 1.40. The maximum absolute atomic E-state index is 12.5. The van der Waals surface area contributed by atoms with E-state index in [0.29, 0.717) is 27.1 Å². The first-order valence-electron chi connectivity index (χ1n) is 8.97. The summed E-state index contributed by atoms with van der Waals surface area (Å²) in [5.41, 5.74) is 4.61. The minimum Gasteiger partial charge on any atom is -0.496 e. The van der Waals surface area contributed by atoms with Gasteiger partial charge in [0.2, 0.25) is 0 Å². The molecule has 3 aromatic carbocycles. The molecule has 0 aliphatic carbocycles. The molecule has 0 bridgehead atoms. The van der Waals surface area contributed by atoms with Crippen LogP contribution in [0.15, 0.2) is 65.8 Å². The Morgan fingerprint density at radius 3 is 2.63 bits per heavy atom. The van der Waals surface area contributed by atoms with Gasteiger partial charge in [0.05, 0.1) is 34.6 Å². The van der Waals surface area contributed by atoms with E-state index >= 15 is 0 Å². The van der Waals surface area contributed by atoms with E-state index in [9.17, 15) is 4.79 Å². The Morgan fingerprint density at radius 1 is 1.10 bits per heavy atom. The molecule has 0 spiro atoms. The highest BCUT2D eigenvalue weighted by Gasteiger charge is 2.16. The van der Waals surface area contributed by atoms with Crippen molar-refractivity contribution >= 4 is 46.1 Å². The lowest BCUT2D eigenvalue weighted by Gasteiger charge is -2.09. The molecule has 1 heterocycles. The minimum absolute atomic E-state index is 0.252. The van der Waals surface area contributed by atoms with Gasteiger partial charge >= 0.3 is 0 Å². The van der Waals surface area contributed by atoms with E-state index < -0.39 is 5.91 Å². The number of benzene rings is 3. The number of methoxy groups -OCH3 is 1. The summed E-state index contributed by atoms with van der Waals surface area (Å²) in [5.74, 6) is 0.214. The Labute approximate surface area is 182 Å². The number of hydrogen-bond acceptors (Lipinski definition) is 4. The molecule has 0 aliphatic rings. The van der Waals surface area contributed by atoms with Crippen LogP contribution in [0, 0.1) is 0 Å². The SMILES string of the molecule is COc1ccc2ccccc2c1-c1cc(C(=O)N/N=C\c2c(Cl)cccc2Cl)[nH]n1. The number of carbonyl (C=O) groups is 1. The average Bonchev–Trinajstić information content (AvgIpc) is 3.24. The van der Waals surface area contributed by atoms with Gasteiger partial charge in [0, 0.05) is 5.56 Å². The number of aromatic nitrogens is 2. The lowest BCUT2D eigenvalue weighted by molar-refractivity contribution is 0.0950. The van der Waals surface area contributed by atoms with Crippen LogP contribution in [0.3, 0.4) is 0 Å². The second kappa shape index (κ2) is 8.57. The quantitative estimate of drug-likeness (QED) is 0.327. The van der Waals surface area contributed by atoms with Crippen molar-refractivity contribution < 1.29 is 9.53 Å². The molecule has 8 heteroatoms. The molecule has 0 atom stereocenters. The number of aromatic amines is 1. The fourth-order valence-corrected chi connectivity index (χ4v) is 3.60. The van der Waals surface area contributed by atoms with Crippen LogP contribution >= 0.6 is 23.2 Å². The fraction of sp³-hybridized carbons (Fsp3) is 0.0455. The van der Waals surface area contributed by atoms with E-state index in [-0.39, 0.29) is 5.69 Å². The summed E-state index contributed by atoms with van der Waals surface area (Å²) in [4.78, 5) is 12.5. The molecule has 1 aromatic heterocycles. The summed E-state index contributed by atoms with van der Waals surface area (Å²) in [7, 11) is 1.60. The third kappa shape index (κ3) is 3.87. The van der Waals surface area contributed by atoms with Crippen molar-refractivity contribution in [2.24, 2.45) is 5.10 Å². The van der Waals surface area contributed by atoms with Gasteiger partial charge in [0.15, 0.2) is 0 Å². The fourth-order valence-electron chi connectivity index (χ4n) is 3.10. The summed E-state index contributed by atoms with van der Waals surface area (Å²) < 4.78 is 5.51. The van der Waals surface area contributed by atoms with Gasteiger partial charge in [-0.15, -0.1) is 0 Å². The van der Waals surface area contributed by atoms with E-state index in [1.54, 1.807) is 31.4 Å². The van der Waals surface area contributed by atoms with Gasteiger partial charge in [-0.1, -0.05) is 59.6 Å². The van der Waals surface area contributed by atoms with Crippen LogP contribution in [0.1, 0.15) is 16.1 Å². The molecule has 4 aromatic rings. The standard InChI is InChI=1S/C22H16Cl2N4O2/c1-30-20-10-9-13-5-2-3-6-14(13)21(20)18-11-19(27-26-18)22(29)28-25-12-15-16(23)7-4-8-17(15)24/h2-12H,1H3,(H,26,27)(H,28,29)/b25-12-. The number of ether oxygens (including phenoxy) is 1. The number of rotatable bonds is 5. The second-order valence-electron chi connectivity index (χ2n) is 6.37. The molecule has 0 saturated carbocycles. The smallest absolute Gasteiger partial charge is 0.289 e. The van der Waals surface area contributed by atoms with Crippen LogP contribution < -0.4 is 10.2 Å². The number of fused-ring (bicyclic) bond motifs is 1. The number of nitrogens with zero attached hydrogens (tertiary/aromatic N) is 2. The zero-order valence-electron chi connectivity index (χ0n) is 15.8. The Morgan fingerprint density at radius 2 is 1.87 bits per heavy atom. The van der Waals surface area contributed by atoms with Crippen molar-refractivity contribution in [3.8, 4) is 17.0 Å². The van der Waals surface area contributed by atoms with Crippen LogP contribution in [-0.2, 0) is 0 Å². The highest BCUT2D eigenvalue weighted by atomic mass is 35.5. The van der Waals surface area contributed by atoms with Crippen molar-refractivity contribution in [1.29, 1.82) is 0 Å². The van der Waals surface area contributed by atoms with E-state index in [1.165, 1.54) is 6.21 Å². The molecule has 1 amide bonds. The lowest BCUT2D eigenvalue weighted by Crippen LogP contribution is -2.18. The molecule has 2 N–H and O–H groups in total. The molecule has 6 nitrogen and oxygen atoms in total. The summed E-state index contributed by atoms with van der Waals surface area (Å²) in [6, 6.07) is 18.5. The Bertz CT molecular complexity index is 1250. The first kappa shape index (κ1) is 19.9. The van der Waals surface area contributed by atoms with Gasteiger partial charge in [0.1, 0.15) is 11.4 Å². The Hall–Kier alpha value is -3.35. The first-order valence-corrected chi connectivity index (χ1v) is 9.73. The lowest BCUT2D eigenvalue weighted by atomic mass is 10.0. The van der Waals surface area contributed by atoms with Crippen LogP contribution in [0.25, 0.3) is 22.0 Å². The predicted molar refractivity (Wildman–Crippen MR) is 120 cm³/mol. The first-order chi connectivity index (χ1) is 14.6. The number of hydrogen-bond donors (Lipinski definition) is 2. The van der Waals surface area contributed by atoms with Crippen LogP contribution in [-0.4, -0.2) is 29.4 Å². The Balaban J connectivity index is 1.60. The highest BCUT2D eigenvalue weighted by molar-refractivity contribution is 6.38. The zero-order chi connectivity index (χ0) is 21.1. The maximum Gasteiger partial charge on any atom is 0.289 e. The molecule has 0 unspecified atom stereocenters. The topological polar surface area (TPSA) is 79.4 Å². The van der Waals surface area contributed by atoms with Gasteiger partial charge in [-0.3, -0.25) is 9.89 Å². The zero-order valence-corrected chi connectivity index (χ0v) is 17.3. The summed E-state index contributed by atoms with van der Waals surface area (Å²) >= 11 is 12.2. The predicted octanol–water partition coefficient (Wildman–Crippen LogP) is 5.31. The third-order valence-corrected chi connectivity index (χ3v) is 5.21. The number of amides is 1. The molecule has 0 saturated heterocycles. The summed E-state index contributed by atoms with van der Waals surface area (Å²) in [5, 5.41) is 13.9. The van der Waals surface area contributed by atoms with Crippen molar-refractivity contribution in [3.05, 3.63) is 82.0 Å². The van der Waals surface area contributed by atoms with Gasteiger partial charge in [-0.2, -0.15) is 10.2 Å². The van der Waals surface area contributed by atoms with Crippen molar-refractivity contribution in [2.75, 3.05) is 7.11 Å². The largest absolute Gasteiger partial charge is 0.496 e. The van der Waals surface area contributed by atoms with Crippen LogP contribution in [0.2, 0.25) is 10.0 Å². The molecule has 0 radical (unpaired) electrons. The normalized spacial score (nSPS) is 11.2. The minimum atomic E-state index is -0.452. The van der Waals surface area contributed by atoms with Crippen molar-refractivity contribution in [2.45, 2.75) is 0 Å². The molecule has 30 heavy (non-hydrogen) atoms. The number of hydrazone groups is 1. The van der Waals surface area contributed by atoms with Gasteiger partial charge < -0.3 is 4.74 Å². The van der Waals surface area contributed by atoms with Gasteiger partial charge in [-0.25, -0.2) is 5.43 Å². The van der Waals surface area contributed by atoms with E-state index in [2.05, 4.69) is 20.7 Å². The molecule has 4 rings (SSSR count). The monoisotopic (exact) mass is 438 g/mol. The van der Waals surface area contributed by atoms with E-state index in [4.69, 9.17) is 27.9 Å². The highest BCUT2D eigenvalue weighted by Crippen LogP contribution is 2.36. The average molecular weight is 439 g/mol.